The number of nitrogens with zero attached hydrogens (tertiary/aromatic N) is 4. The first-order valence-electron chi connectivity index (χ1n) is 11.7. The van der Waals surface area contributed by atoms with Gasteiger partial charge in [-0.15, -0.1) is 0 Å². The summed E-state index contributed by atoms with van der Waals surface area (Å²) in [4.78, 5) is 22.8. The number of aryl methyl sites for hydroxylation is 1. The molecule has 0 bridgehead atoms. The van der Waals surface area contributed by atoms with Gasteiger partial charge in [0.2, 0.25) is 0 Å². The summed E-state index contributed by atoms with van der Waals surface area (Å²) in [5.41, 5.74) is 4.30. The summed E-state index contributed by atoms with van der Waals surface area (Å²) in [5, 5.41) is 0. The van der Waals surface area contributed by atoms with Gasteiger partial charge < -0.3 is 9.47 Å². The molecule has 0 unspecified atom stereocenters. The molecule has 166 valence electrons. The summed E-state index contributed by atoms with van der Waals surface area (Å²) in [6.07, 6.45) is 5.81. The topological polar surface area (TPSA) is 41.4 Å². The van der Waals surface area contributed by atoms with Gasteiger partial charge >= 0.3 is 0 Å². The molecule has 32 heavy (non-hydrogen) atoms. The first kappa shape index (κ1) is 21.0. The number of benzene rings is 2. The Balaban J connectivity index is 1.49. The fourth-order valence-electron chi connectivity index (χ4n) is 5.48. The molecule has 1 saturated heterocycles. The molecule has 1 aromatic heterocycles. The number of carbonyl (C=O) groups excluding carboxylic acids is 1. The smallest absolute Gasteiger partial charge is 0.253 e. The second-order valence-electron chi connectivity index (χ2n) is 9.72. The largest absolute Gasteiger partial charge is 0.338 e. The van der Waals surface area contributed by atoms with Gasteiger partial charge in [-0.1, -0.05) is 49.7 Å². The van der Waals surface area contributed by atoms with E-state index in [1.54, 1.807) is 0 Å². The molecule has 1 spiro atoms. The minimum atomic E-state index is -0.170. The maximum atomic E-state index is 13.2. The Kier molecular flexibility index (Phi) is 5.38. The molecule has 0 radical (unpaired) electrons. The van der Waals surface area contributed by atoms with Crippen molar-refractivity contribution in [3.8, 4) is 5.69 Å². The molecular formula is C27H32N4O. The second kappa shape index (κ2) is 8.21. The molecule has 2 aliphatic heterocycles. The van der Waals surface area contributed by atoms with Crippen LogP contribution in [0.1, 0.15) is 54.0 Å². The van der Waals surface area contributed by atoms with E-state index in [1.165, 1.54) is 11.3 Å². The van der Waals surface area contributed by atoms with Gasteiger partial charge in [-0.3, -0.25) is 9.69 Å². The number of piperidine rings is 1. The van der Waals surface area contributed by atoms with E-state index in [0.717, 1.165) is 56.0 Å². The Bertz CT molecular complexity index is 1120. The number of imidazole rings is 1. The molecule has 5 rings (SSSR count). The average molecular weight is 429 g/mol. The standard InChI is InChI=1S/C27H32N4O/c1-20(2)18-30-19-23-8-4-5-10-24(23)31-16-13-28-26(31)27(30)11-14-29(15-12-27)25(32)22-9-6-7-21(3)17-22/h4-10,13,16-17,20H,11-12,14-15,18-19H2,1-3H3. The van der Waals surface area contributed by atoms with Gasteiger partial charge in [0, 0.05) is 44.1 Å². The second-order valence-corrected chi connectivity index (χ2v) is 9.72. The van der Waals surface area contributed by atoms with Gasteiger partial charge in [-0.05, 0) is 49.4 Å². The Hall–Kier alpha value is -2.92. The van der Waals surface area contributed by atoms with Gasteiger partial charge in [0.05, 0.1) is 11.2 Å². The maximum absolute atomic E-state index is 13.2. The highest BCUT2D eigenvalue weighted by Crippen LogP contribution is 2.43. The Morgan fingerprint density at radius 3 is 2.62 bits per heavy atom. The fraction of sp³-hybridized carbons (Fsp3) is 0.407. The summed E-state index contributed by atoms with van der Waals surface area (Å²) >= 11 is 0. The van der Waals surface area contributed by atoms with Crippen LogP contribution in [0, 0.1) is 12.8 Å². The number of rotatable bonds is 3. The molecule has 2 aromatic carbocycles. The molecular weight excluding hydrogens is 396 g/mol. The first-order valence-corrected chi connectivity index (χ1v) is 11.7. The zero-order valence-corrected chi connectivity index (χ0v) is 19.3. The molecule has 0 saturated carbocycles. The van der Waals surface area contributed by atoms with Crippen LogP contribution < -0.4 is 0 Å². The molecule has 0 atom stereocenters. The van der Waals surface area contributed by atoms with Crippen LogP contribution in [-0.4, -0.2) is 44.9 Å². The molecule has 5 nitrogen and oxygen atoms in total. The number of carbonyl (C=O) groups is 1. The van der Waals surface area contributed by atoms with Crippen LogP contribution in [0.2, 0.25) is 0 Å². The number of hydrogen-bond acceptors (Lipinski definition) is 3. The fourth-order valence-corrected chi connectivity index (χ4v) is 5.48. The van der Waals surface area contributed by atoms with Gasteiger partial charge in [0.15, 0.2) is 0 Å². The van der Waals surface area contributed by atoms with Crippen molar-refractivity contribution in [1.82, 2.24) is 19.4 Å². The number of hydrogen-bond donors (Lipinski definition) is 0. The lowest BCUT2D eigenvalue weighted by atomic mass is 9.83. The Labute approximate surface area is 190 Å². The monoisotopic (exact) mass is 428 g/mol. The third kappa shape index (κ3) is 3.55. The number of likely N-dealkylation sites (tertiary alicyclic amines) is 1. The lowest BCUT2D eigenvalue weighted by Gasteiger charge is -2.48. The van der Waals surface area contributed by atoms with Crippen LogP contribution in [0.5, 0.6) is 0 Å². The minimum Gasteiger partial charge on any atom is -0.338 e. The number of para-hydroxylation sites is 1. The highest BCUT2D eigenvalue weighted by atomic mass is 16.2. The van der Waals surface area contributed by atoms with E-state index in [1.807, 2.05) is 42.3 Å². The Morgan fingerprint density at radius 1 is 1.09 bits per heavy atom. The average Bonchev–Trinajstić information content (AvgIpc) is 3.25. The van der Waals surface area contributed by atoms with E-state index < -0.39 is 0 Å². The molecule has 3 heterocycles. The van der Waals surface area contributed by atoms with Gasteiger partial charge in [-0.25, -0.2) is 4.98 Å². The van der Waals surface area contributed by atoms with Crippen LogP contribution in [-0.2, 0) is 12.1 Å². The first-order chi connectivity index (χ1) is 15.5. The third-order valence-electron chi connectivity index (χ3n) is 7.00. The summed E-state index contributed by atoms with van der Waals surface area (Å²) in [6, 6.07) is 16.6. The van der Waals surface area contributed by atoms with Crippen molar-refractivity contribution in [2.75, 3.05) is 19.6 Å². The lowest BCUT2D eigenvalue weighted by Crippen LogP contribution is -2.55. The Morgan fingerprint density at radius 2 is 1.88 bits per heavy atom. The number of aromatic nitrogens is 2. The predicted molar refractivity (Wildman–Crippen MR) is 127 cm³/mol. The van der Waals surface area contributed by atoms with Crippen molar-refractivity contribution < 1.29 is 4.79 Å². The van der Waals surface area contributed by atoms with Crippen LogP contribution in [0.3, 0.4) is 0 Å². The van der Waals surface area contributed by atoms with Crippen molar-refractivity contribution in [3.05, 3.63) is 83.4 Å². The number of amides is 1. The highest BCUT2D eigenvalue weighted by molar-refractivity contribution is 5.94. The van der Waals surface area contributed by atoms with E-state index in [0.29, 0.717) is 5.92 Å². The molecule has 5 heteroatoms. The van der Waals surface area contributed by atoms with Crippen molar-refractivity contribution in [3.63, 3.8) is 0 Å². The van der Waals surface area contributed by atoms with Crippen LogP contribution in [0.25, 0.3) is 5.69 Å². The van der Waals surface area contributed by atoms with Gasteiger partial charge in [-0.2, -0.15) is 0 Å². The molecule has 1 fully saturated rings. The zero-order valence-electron chi connectivity index (χ0n) is 19.3. The van der Waals surface area contributed by atoms with Crippen LogP contribution in [0.15, 0.2) is 60.9 Å². The van der Waals surface area contributed by atoms with E-state index >= 15 is 0 Å². The third-order valence-corrected chi connectivity index (χ3v) is 7.00. The van der Waals surface area contributed by atoms with Crippen LogP contribution in [0.4, 0.5) is 0 Å². The quantitative estimate of drug-likeness (QED) is 0.603. The van der Waals surface area contributed by atoms with Gasteiger partial charge in [0.25, 0.3) is 5.91 Å². The van der Waals surface area contributed by atoms with Gasteiger partial charge in [0.1, 0.15) is 5.82 Å². The van der Waals surface area contributed by atoms with Crippen LogP contribution >= 0.6 is 0 Å². The van der Waals surface area contributed by atoms with Crippen molar-refractivity contribution >= 4 is 5.91 Å². The molecule has 0 aliphatic carbocycles. The summed E-state index contributed by atoms with van der Waals surface area (Å²) < 4.78 is 2.29. The number of fused-ring (bicyclic) bond motifs is 4. The summed E-state index contributed by atoms with van der Waals surface area (Å²) in [6.45, 7) is 10.0. The molecule has 2 aliphatic rings. The van der Waals surface area contributed by atoms with E-state index in [-0.39, 0.29) is 11.4 Å². The summed E-state index contributed by atoms with van der Waals surface area (Å²) in [5.74, 6) is 1.80. The van der Waals surface area contributed by atoms with E-state index in [2.05, 4.69) is 53.8 Å². The minimum absolute atomic E-state index is 0.138. The van der Waals surface area contributed by atoms with Crippen molar-refractivity contribution in [1.29, 1.82) is 0 Å². The van der Waals surface area contributed by atoms with E-state index in [4.69, 9.17) is 4.98 Å². The predicted octanol–water partition coefficient (Wildman–Crippen LogP) is 4.78. The molecule has 1 amide bonds. The maximum Gasteiger partial charge on any atom is 0.253 e. The normalized spacial score (nSPS) is 17.8. The van der Waals surface area contributed by atoms with Crippen molar-refractivity contribution in [2.24, 2.45) is 5.92 Å². The molecule has 0 N–H and O–H groups in total. The molecule has 3 aromatic rings. The lowest BCUT2D eigenvalue weighted by molar-refractivity contribution is 0.000785. The van der Waals surface area contributed by atoms with Crippen molar-refractivity contribution in [2.45, 2.75) is 45.7 Å². The summed E-state index contributed by atoms with van der Waals surface area (Å²) in [7, 11) is 0. The highest BCUT2D eigenvalue weighted by Gasteiger charge is 2.47. The SMILES string of the molecule is Cc1cccc(C(=O)N2CCC3(CC2)c2nccn2-c2ccccc2CN3CC(C)C)c1. The zero-order chi connectivity index (χ0) is 22.3. The van der Waals surface area contributed by atoms with E-state index in [9.17, 15) is 4.79 Å².